The van der Waals surface area contributed by atoms with Crippen LogP contribution in [0.5, 0.6) is 17.2 Å². The summed E-state index contributed by atoms with van der Waals surface area (Å²) in [5.41, 5.74) is 5.65. The lowest BCUT2D eigenvalue weighted by Gasteiger charge is -2.11. The molecule has 0 aliphatic rings. The van der Waals surface area contributed by atoms with Gasteiger partial charge in [0.05, 0.1) is 12.2 Å². The van der Waals surface area contributed by atoms with Crippen LogP contribution in [0, 0.1) is 5.82 Å². The van der Waals surface area contributed by atoms with Crippen LogP contribution in [0.25, 0.3) is 0 Å². The van der Waals surface area contributed by atoms with E-state index in [4.69, 9.17) is 27.4 Å². The summed E-state index contributed by atoms with van der Waals surface area (Å²) >= 11 is 4.86. The second-order valence-electron chi connectivity index (χ2n) is 4.40. The molecule has 2 aromatic carbocycles. The molecule has 3 nitrogen and oxygen atoms in total. The molecule has 21 heavy (non-hydrogen) atoms. The van der Waals surface area contributed by atoms with E-state index in [1.807, 2.05) is 6.92 Å². The lowest BCUT2D eigenvalue weighted by molar-refractivity contribution is 0.317. The summed E-state index contributed by atoms with van der Waals surface area (Å²) in [5.74, 6) is 1.12. The molecule has 2 N–H and O–H groups in total. The van der Waals surface area contributed by atoms with Crippen LogP contribution in [-0.2, 0) is 0 Å². The van der Waals surface area contributed by atoms with Crippen molar-refractivity contribution in [3.05, 3.63) is 53.8 Å². The van der Waals surface area contributed by atoms with Crippen LogP contribution in [0.4, 0.5) is 4.39 Å². The number of thiocarbonyl (C=S) groups is 1. The van der Waals surface area contributed by atoms with Gasteiger partial charge in [-0.2, -0.15) is 0 Å². The summed E-state index contributed by atoms with van der Waals surface area (Å²) in [6.07, 6.45) is 0.943. The molecular weight excluding hydrogens is 289 g/mol. The third kappa shape index (κ3) is 3.92. The number of rotatable bonds is 6. The molecule has 0 amide bonds. The summed E-state index contributed by atoms with van der Waals surface area (Å²) in [6.45, 7) is 2.70. The molecule has 110 valence electrons. The van der Waals surface area contributed by atoms with E-state index >= 15 is 0 Å². The van der Waals surface area contributed by atoms with Gasteiger partial charge in [0.25, 0.3) is 0 Å². The van der Waals surface area contributed by atoms with Gasteiger partial charge in [-0.3, -0.25) is 0 Å². The molecule has 0 aromatic heterocycles. The first-order valence-corrected chi connectivity index (χ1v) is 7.01. The Morgan fingerprint density at radius 3 is 2.43 bits per heavy atom. The van der Waals surface area contributed by atoms with Crippen molar-refractivity contribution in [2.45, 2.75) is 13.3 Å². The standard InChI is InChI=1S/C16H16FNO2S/c1-2-10-19-11-6-8-12(9-7-11)20-14-5-3-4-13(17)15(14)16(18)21/h3-9H,2,10H2,1H3,(H2,18,21). The van der Waals surface area contributed by atoms with Gasteiger partial charge in [0.2, 0.25) is 0 Å². The van der Waals surface area contributed by atoms with Crippen molar-refractivity contribution in [1.29, 1.82) is 0 Å². The van der Waals surface area contributed by atoms with Crippen LogP contribution >= 0.6 is 12.2 Å². The summed E-state index contributed by atoms with van der Waals surface area (Å²) in [7, 11) is 0. The quantitative estimate of drug-likeness (QED) is 0.818. The maximum atomic E-state index is 13.7. The molecule has 0 aliphatic heterocycles. The van der Waals surface area contributed by atoms with Crippen LogP contribution in [0.1, 0.15) is 18.9 Å². The van der Waals surface area contributed by atoms with Crippen molar-refractivity contribution in [2.75, 3.05) is 6.61 Å². The molecule has 0 spiro atoms. The van der Waals surface area contributed by atoms with E-state index in [1.165, 1.54) is 6.07 Å². The molecule has 0 atom stereocenters. The molecular formula is C16H16FNO2S. The number of ether oxygens (including phenoxy) is 2. The summed E-state index contributed by atoms with van der Waals surface area (Å²) < 4.78 is 24.9. The Labute approximate surface area is 128 Å². The highest BCUT2D eigenvalue weighted by molar-refractivity contribution is 7.80. The second-order valence-corrected chi connectivity index (χ2v) is 4.84. The van der Waals surface area contributed by atoms with E-state index in [0.717, 1.165) is 12.2 Å². The molecule has 0 saturated heterocycles. The summed E-state index contributed by atoms with van der Waals surface area (Å²) in [6, 6.07) is 11.6. The van der Waals surface area contributed by atoms with Crippen LogP contribution in [0.2, 0.25) is 0 Å². The van der Waals surface area contributed by atoms with E-state index < -0.39 is 5.82 Å². The maximum Gasteiger partial charge on any atom is 0.140 e. The van der Waals surface area contributed by atoms with E-state index in [1.54, 1.807) is 36.4 Å². The molecule has 0 radical (unpaired) electrons. The van der Waals surface area contributed by atoms with Gasteiger partial charge in [0, 0.05) is 0 Å². The molecule has 2 aromatic rings. The van der Waals surface area contributed by atoms with Crippen molar-refractivity contribution in [3.8, 4) is 17.2 Å². The average molecular weight is 305 g/mol. The van der Waals surface area contributed by atoms with Crippen LogP contribution in [-0.4, -0.2) is 11.6 Å². The monoisotopic (exact) mass is 305 g/mol. The first kappa shape index (κ1) is 15.3. The predicted molar refractivity (Wildman–Crippen MR) is 84.6 cm³/mol. The zero-order valence-electron chi connectivity index (χ0n) is 11.6. The average Bonchev–Trinajstić information content (AvgIpc) is 2.46. The Balaban J connectivity index is 2.19. The van der Waals surface area contributed by atoms with Gasteiger partial charge in [-0.25, -0.2) is 4.39 Å². The topological polar surface area (TPSA) is 44.5 Å². The number of hydrogen-bond acceptors (Lipinski definition) is 3. The van der Waals surface area contributed by atoms with Gasteiger partial charge in [-0.05, 0) is 42.8 Å². The largest absolute Gasteiger partial charge is 0.494 e. The van der Waals surface area contributed by atoms with Gasteiger partial charge < -0.3 is 15.2 Å². The maximum absolute atomic E-state index is 13.7. The van der Waals surface area contributed by atoms with Crippen molar-refractivity contribution in [2.24, 2.45) is 5.73 Å². The lowest BCUT2D eigenvalue weighted by atomic mass is 10.2. The van der Waals surface area contributed by atoms with Crippen LogP contribution < -0.4 is 15.2 Å². The Kier molecular flexibility index (Phi) is 5.11. The second kappa shape index (κ2) is 7.04. The molecule has 0 heterocycles. The Bertz CT molecular complexity index is 629. The van der Waals surface area contributed by atoms with Gasteiger partial charge in [-0.15, -0.1) is 0 Å². The van der Waals surface area contributed by atoms with Crippen LogP contribution in [0.3, 0.4) is 0 Å². The van der Waals surface area contributed by atoms with Crippen molar-refractivity contribution in [3.63, 3.8) is 0 Å². The van der Waals surface area contributed by atoms with Crippen molar-refractivity contribution >= 4 is 17.2 Å². The third-order valence-corrected chi connectivity index (χ3v) is 2.95. The minimum Gasteiger partial charge on any atom is -0.494 e. The van der Waals surface area contributed by atoms with E-state index in [-0.39, 0.29) is 10.6 Å². The third-order valence-electron chi connectivity index (χ3n) is 2.75. The van der Waals surface area contributed by atoms with E-state index in [2.05, 4.69) is 0 Å². The summed E-state index contributed by atoms with van der Waals surface area (Å²) in [4.78, 5) is -0.0361. The number of benzene rings is 2. The molecule has 0 saturated carbocycles. The van der Waals surface area contributed by atoms with Crippen molar-refractivity contribution in [1.82, 2.24) is 0 Å². The smallest absolute Gasteiger partial charge is 0.140 e. The number of halogens is 1. The van der Waals surface area contributed by atoms with Crippen LogP contribution in [0.15, 0.2) is 42.5 Å². The van der Waals surface area contributed by atoms with Gasteiger partial charge in [-0.1, -0.05) is 25.2 Å². The lowest BCUT2D eigenvalue weighted by Crippen LogP contribution is -2.13. The fourth-order valence-electron chi connectivity index (χ4n) is 1.78. The zero-order valence-corrected chi connectivity index (χ0v) is 12.5. The van der Waals surface area contributed by atoms with Gasteiger partial charge in [0.1, 0.15) is 28.1 Å². The Hall–Kier alpha value is -2.14. The van der Waals surface area contributed by atoms with E-state index in [0.29, 0.717) is 18.1 Å². The molecule has 5 heteroatoms. The number of hydrogen-bond donors (Lipinski definition) is 1. The zero-order chi connectivity index (χ0) is 15.2. The summed E-state index contributed by atoms with van der Waals surface area (Å²) in [5, 5.41) is 0. The highest BCUT2D eigenvalue weighted by Gasteiger charge is 2.13. The molecule has 0 aliphatic carbocycles. The minimum atomic E-state index is -0.497. The highest BCUT2D eigenvalue weighted by Crippen LogP contribution is 2.28. The van der Waals surface area contributed by atoms with Crippen molar-refractivity contribution < 1.29 is 13.9 Å². The molecule has 2 rings (SSSR count). The normalized spacial score (nSPS) is 10.2. The Morgan fingerprint density at radius 2 is 1.81 bits per heavy atom. The molecule has 0 bridgehead atoms. The Morgan fingerprint density at radius 1 is 1.14 bits per heavy atom. The highest BCUT2D eigenvalue weighted by atomic mass is 32.1. The first-order valence-electron chi connectivity index (χ1n) is 6.61. The van der Waals surface area contributed by atoms with E-state index in [9.17, 15) is 4.39 Å². The fourth-order valence-corrected chi connectivity index (χ4v) is 1.98. The SMILES string of the molecule is CCCOc1ccc(Oc2cccc(F)c2C(N)=S)cc1. The van der Waals surface area contributed by atoms with Gasteiger partial charge >= 0.3 is 0 Å². The first-order chi connectivity index (χ1) is 10.1. The van der Waals surface area contributed by atoms with Gasteiger partial charge in [0.15, 0.2) is 0 Å². The predicted octanol–water partition coefficient (Wildman–Crippen LogP) is 4.04. The molecule has 0 unspecified atom stereocenters. The minimum absolute atomic E-state index is 0.0361. The number of nitrogens with two attached hydrogens (primary N) is 1. The fraction of sp³-hybridized carbons (Fsp3) is 0.188. The molecule has 0 fully saturated rings.